The van der Waals surface area contributed by atoms with Gasteiger partial charge < -0.3 is 25.0 Å². The molecule has 8 nitrogen and oxygen atoms in total. The lowest BCUT2D eigenvalue weighted by Crippen LogP contribution is -2.75. The van der Waals surface area contributed by atoms with Gasteiger partial charge in [-0.05, 0) is 87.5 Å². The highest BCUT2D eigenvalue weighted by atomic mass is 16.5. The predicted octanol–water partition coefficient (Wildman–Crippen LogP) is 2.35. The number of carboxylic acids is 1. The van der Waals surface area contributed by atoms with Gasteiger partial charge in [0.15, 0.2) is 11.5 Å². The molecule has 4 fully saturated rings. The molecule has 8 heteroatoms. The van der Waals surface area contributed by atoms with Crippen LogP contribution >= 0.6 is 0 Å². The Kier molecular flexibility index (Phi) is 4.84. The molecule has 3 heterocycles. The number of carboxylic acid groups (broad SMARTS) is 1. The first-order valence-corrected chi connectivity index (χ1v) is 13.6. The van der Waals surface area contributed by atoms with Crippen LogP contribution in [0.1, 0.15) is 62.5 Å². The second-order valence-electron chi connectivity index (χ2n) is 11.9. The Hall–Kier alpha value is -2.58. The first-order chi connectivity index (χ1) is 17.3. The Balaban J connectivity index is 1.30. The third-order valence-corrected chi connectivity index (χ3v) is 10.0. The standard InChI is InChI=1S/C28H34N2O6/c31-20-7-6-17-13-21-28(35)9-8-18(14-22(32)30-11-2-1-3-19(30)26(33)34)25-27(28,23(17)24(20)36-25)10-12-29(21)15-16-4-5-16/h6-7,14,16,19,21,25,31,35H,1-5,8-13,15H2,(H,33,34)/b18-14-/t19?,21-,25+,27+,28-/m1/s1. The van der Waals surface area contributed by atoms with Crippen LogP contribution in [0.15, 0.2) is 23.8 Å². The second kappa shape index (κ2) is 7.71. The average molecular weight is 495 g/mol. The average Bonchev–Trinajstić information content (AvgIpc) is 3.60. The Morgan fingerprint density at radius 3 is 2.75 bits per heavy atom. The van der Waals surface area contributed by atoms with Crippen LogP contribution in [0.3, 0.4) is 0 Å². The van der Waals surface area contributed by atoms with Gasteiger partial charge in [-0.2, -0.15) is 0 Å². The monoisotopic (exact) mass is 494 g/mol. The highest BCUT2D eigenvalue weighted by Crippen LogP contribution is 2.66. The molecule has 36 heavy (non-hydrogen) atoms. The number of aliphatic hydroxyl groups is 1. The molecule has 1 aromatic carbocycles. The summed E-state index contributed by atoms with van der Waals surface area (Å²) in [5, 5.41) is 33.0. The summed E-state index contributed by atoms with van der Waals surface area (Å²) in [4.78, 5) is 29.2. The summed E-state index contributed by atoms with van der Waals surface area (Å²) >= 11 is 0. The van der Waals surface area contributed by atoms with Crippen molar-refractivity contribution in [2.24, 2.45) is 5.92 Å². The molecule has 6 aliphatic rings. The Bertz CT molecular complexity index is 1180. The number of likely N-dealkylation sites (tertiary alicyclic amines) is 2. The van der Waals surface area contributed by atoms with Gasteiger partial charge in [0.2, 0.25) is 5.91 Å². The number of aromatic hydroxyl groups is 1. The van der Waals surface area contributed by atoms with Crippen molar-refractivity contribution in [2.75, 3.05) is 19.6 Å². The molecule has 1 unspecified atom stereocenters. The van der Waals surface area contributed by atoms with E-state index in [1.807, 2.05) is 6.07 Å². The van der Waals surface area contributed by atoms with Crippen LogP contribution in [0.5, 0.6) is 11.5 Å². The van der Waals surface area contributed by atoms with Gasteiger partial charge in [0.05, 0.1) is 11.0 Å². The molecule has 2 saturated heterocycles. The van der Waals surface area contributed by atoms with Gasteiger partial charge in [0, 0.05) is 30.8 Å². The zero-order chi connectivity index (χ0) is 24.8. The Morgan fingerprint density at radius 2 is 1.97 bits per heavy atom. The van der Waals surface area contributed by atoms with E-state index in [2.05, 4.69) is 4.90 Å². The maximum Gasteiger partial charge on any atom is 0.326 e. The number of carbonyl (C=O) groups excluding carboxylic acids is 1. The minimum Gasteiger partial charge on any atom is -0.504 e. The number of nitrogens with zero attached hydrogens (tertiary/aromatic N) is 2. The van der Waals surface area contributed by atoms with Gasteiger partial charge in [-0.1, -0.05) is 6.07 Å². The SMILES string of the molecule is O=C(O)C1CCCCN1C(=O)/C=C1/CC[C@@]2(O)[C@H]3Cc4ccc(O)c5c4[C@@]2(CCN3CC2CC2)[C@H]1O5. The number of phenols is 1. The van der Waals surface area contributed by atoms with Crippen molar-refractivity contribution in [1.29, 1.82) is 0 Å². The maximum absolute atomic E-state index is 13.4. The van der Waals surface area contributed by atoms with E-state index in [9.17, 15) is 24.9 Å². The summed E-state index contributed by atoms with van der Waals surface area (Å²) in [7, 11) is 0. The van der Waals surface area contributed by atoms with Gasteiger partial charge in [-0.25, -0.2) is 4.79 Å². The fourth-order valence-electron chi connectivity index (χ4n) is 8.18. The third-order valence-electron chi connectivity index (χ3n) is 10.0. The summed E-state index contributed by atoms with van der Waals surface area (Å²) in [6.45, 7) is 2.30. The first-order valence-electron chi connectivity index (χ1n) is 13.6. The number of carbonyl (C=O) groups is 2. The minimum absolute atomic E-state index is 0.0170. The summed E-state index contributed by atoms with van der Waals surface area (Å²) < 4.78 is 6.49. The lowest BCUT2D eigenvalue weighted by Gasteiger charge is -2.63. The zero-order valence-corrected chi connectivity index (χ0v) is 20.5. The van der Waals surface area contributed by atoms with Crippen LogP contribution in [-0.2, 0) is 21.4 Å². The molecule has 2 bridgehead atoms. The number of ether oxygens (including phenoxy) is 1. The van der Waals surface area contributed by atoms with E-state index < -0.39 is 29.1 Å². The van der Waals surface area contributed by atoms with Gasteiger partial charge in [-0.3, -0.25) is 9.69 Å². The highest BCUT2D eigenvalue weighted by molar-refractivity contribution is 5.92. The van der Waals surface area contributed by atoms with Gasteiger partial charge in [-0.15, -0.1) is 0 Å². The lowest BCUT2D eigenvalue weighted by molar-refractivity contribution is -0.174. The molecule has 0 radical (unpaired) electrons. The molecule has 5 atom stereocenters. The Labute approximate surface area is 210 Å². The minimum atomic E-state index is -1.01. The molecule has 3 aliphatic heterocycles. The molecule has 2 saturated carbocycles. The number of rotatable bonds is 4. The van der Waals surface area contributed by atoms with Crippen molar-refractivity contribution in [3.63, 3.8) is 0 Å². The Morgan fingerprint density at radius 1 is 1.14 bits per heavy atom. The highest BCUT2D eigenvalue weighted by Gasteiger charge is 2.72. The lowest BCUT2D eigenvalue weighted by atomic mass is 9.48. The normalized spacial score (nSPS) is 38.0. The van der Waals surface area contributed by atoms with Crippen molar-refractivity contribution in [3.8, 4) is 11.5 Å². The van der Waals surface area contributed by atoms with E-state index in [1.165, 1.54) is 17.7 Å². The van der Waals surface area contributed by atoms with Crippen molar-refractivity contribution < 1.29 is 29.6 Å². The van der Waals surface area contributed by atoms with Crippen LogP contribution in [-0.4, -0.2) is 80.4 Å². The number of phenolic OH excluding ortho intramolecular Hbond substituents is 1. The quantitative estimate of drug-likeness (QED) is 0.551. The number of hydrogen-bond donors (Lipinski definition) is 3. The topological polar surface area (TPSA) is 111 Å². The van der Waals surface area contributed by atoms with Gasteiger partial charge in [0.25, 0.3) is 0 Å². The molecule has 1 spiro atoms. The molecule has 1 amide bonds. The molecule has 3 N–H and O–H groups in total. The van der Waals surface area contributed by atoms with Crippen molar-refractivity contribution in [1.82, 2.24) is 9.80 Å². The van der Waals surface area contributed by atoms with Crippen molar-refractivity contribution >= 4 is 11.9 Å². The van der Waals surface area contributed by atoms with E-state index >= 15 is 0 Å². The molecular weight excluding hydrogens is 460 g/mol. The van der Waals surface area contributed by atoms with Crippen LogP contribution in [0.4, 0.5) is 0 Å². The van der Waals surface area contributed by atoms with E-state index in [1.54, 1.807) is 12.1 Å². The van der Waals surface area contributed by atoms with E-state index in [4.69, 9.17) is 4.74 Å². The summed E-state index contributed by atoms with van der Waals surface area (Å²) in [5.41, 5.74) is 1.13. The van der Waals surface area contributed by atoms with Crippen molar-refractivity contribution in [2.45, 2.75) is 87.0 Å². The summed E-state index contributed by atoms with van der Waals surface area (Å²) in [6, 6.07) is 2.84. The van der Waals surface area contributed by atoms with Gasteiger partial charge in [0.1, 0.15) is 12.1 Å². The summed E-state index contributed by atoms with van der Waals surface area (Å²) in [6.07, 6.45) is 8.10. The maximum atomic E-state index is 13.4. The first kappa shape index (κ1) is 22.6. The van der Waals surface area contributed by atoms with E-state index in [-0.39, 0.29) is 17.7 Å². The van der Waals surface area contributed by atoms with Gasteiger partial charge >= 0.3 is 5.97 Å². The molecule has 3 aliphatic carbocycles. The second-order valence-corrected chi connectivity index (χ2v) is 11.9. The van der Waals surface area contributed by atoms with E-state index in [0.717, 1.165) is 55.0 Å². The molecule has 1 aromatic rings. The largest absolute Gasteiger partial charge is 0.504 e. The zero-order valence-electron chi connectivity index (χ0n) is 20.5. The number of aliphatic carboxylic acids is 1. The van der Waals surface area contributed by atoms with Crippen LogP contribution in [0.25, 0.3) is 0 Å². The van der Waals surface area contributed by atoms with Crippen molar-refractivity contribution in [3.05, 3.63) is 34.9 Å². The van der Waals surface area contributed by atoms with Crippen LogP contribution < -0.4 is 4.74 Å². The molecule has 192 valence electrons. The van der Waals surface area contributed by atoms with Crippen LogP contribution in [0, 0.1) is 5.92 Å². The predicted molar refractivity (Wildman–Crippen MR) is 130 cm³/mol. The number of benzene rings is 1. The molecular formula is C28H34N2O6. The fraction of sp³-hybridized carbons (Fsp3) is 0.643. The van der Waals surface area contributed by atoms with E-state index in [0.29, 0.717) is 38.0 Å². The third kappa shape index (κ3) is 2.94. The molecule has 7 rings (SSSR count). The van der Waals surface area contributed by atoms with Crippen LogP contribution in [0.2, 0.25) is 0 Å². The number of piperidine rings is 2. The smallest absolute Gasteiger partial charge is 0.326 e. The fourth-order valence-corrected chi connectivity index (χ4v) is 8.18. The summed E-state index contributed by atoms with van der Waals surface area (Å²) in [5.74, 6) is -0.00625. The number of hydrogen-bond acceptors (Lipinski definition) is 6. The number of amides is 1. The molecule has 0 aromatic heterocycles.